The number of unbranched alkanes of at least 4 members (excludes halogenated alkanes) is 1. The molecule has 1 atom stereocenters. The minimum Gasteiger partial charge on any atom is -0.379 e. The van der Waals surface area contributed by atoms with Gasteiger partial charge in [-0.1, -0.05) is 27.2 Å². The molecule has 0 saturated carbocycles. The second-order valence-electron chi connectivity index (χ2n) is 5.47. The van der Waals surface area contributed by atoms with Gasteiger partial charge in [-0.05, 0) is 18.8 Å². The van der Waals surface area contributed by atoms with Gasteiger partial charge in [0.25, 0.3) is 0 Å². The summed E-state index contributed by atoms with van der Waals surface area (Å²) in [5.41, 5.74) is 0. The molecule has 1 N–H and O–H groups in total. The van der Waals surface area contributed by atoms with Crippen molar-refractivity contribution in [3.05, 3.63) is 0 Å². The molecule has 0 radical (unpaired) electrons. The maximum atomic E-state index is 5.79. The third kappa shape index (κ3) is 14.8. The first-order valence-electron chi connectivity index (χ1n) is 8.24. The number of rotatable bonds is 16. The van der Waals surface area contributed by atoms with Crippen molar-refractivity contribution in [2.75, 3.05) is 52.1 Å². The van der Waals surface area contributed by atoms with Crippen LogP contribution < -0.4 is 5.32 Å². The highest BCUT2D eigenvalue weighted by atomic mass is 35.5. The van der Waals surface area contributed by atoms with Crippen molar-refractivity contribution in [1.29, 1.82) is 0 Å². The van der Waals surface area contributed by atoms with Gasteiger partial charge in [-0.25, -0.2) is 0 Å². The Bertz CT molecular complexity index is 206. The topological polar surface area (TPSA) is 39.7 Å². The van der Waals surface area contributed by atoms with Gasteiger partial charge in [-0.2, -0.15) is 0 Å². The summed E-state index contributed by atoms with van der Waals surface area (Å²) in [7, 11) is 0. The molecule has 0 fully saturated rings. The first kappa shape index (κ1) is 21.1. The van der Waals surface area contributed by atoms with Crippen molar-refractivity contribution in [2.24, 2.45) is 5.92 Å². The highest BCUT2D eigenvalue weighted by Gasteiger charge is 2.10. The molecular formula is C16H34ClNO3. The van der Waals surface area contributed by atoms with Crippen LogP contribution in [-0.4, -0.2) is 58.1 Å². The molecule has 0 rings (SSSR count). The van der Waals surface area contributed by atoms with Gasteiger partial charge in [0, 0.05) is 25.1 Å². The van der Waals surface area contributed by atoms with Crippen LogP contribution in [0.5, 0.6) is 0 Å². The molecular weight excluding hydrogens is 290 g/mol. The van der Waals surface area contributed by atoms with E-state index in [1.54, 1.807) is 0 Å². The van der Waals surface area contributed by atoms with E-state index in [1.165, 1.54) is 6.42 Å². The summed E-state index contributed by atoms with van der Waals surface area (Å²) in [6.07, 6.45) is 3.29. The molecule has 128 valence electrons. The second-order valence-corrected chi connectivity index (χ2v) is 5.85. The van der Waals surface area contributed by atoms with E-state index in [9.17, 15) is 0 Å². The third-order valence-electron chi connectivity index (χ3n) is 3.26. The lowest BCUT2D eigenvalue weighted by Gasteiger charge is -2.21. The Hall–Kier alpha value is 0.130. The van der Waals surface area contributed by atoms with Gasteiger partial charge in [-0.15, -0.1) is 11.6 Å². The van der Waals surface area contributed by atoms with Crippen molar-refractivity contribution in [2.45, 2.75) is 46.1 Å². The van der Waals surface area contributed by atoms with Crippen LogP contribution in [0, 0.1) is 5.92 Å². The lowest BCUT2D eigenvalue weighted by Crippen LogP contribution is -2.36. The van der Waals surface area contributed by atoms with Crippen LogP contribution in [0.4, 0.5) is 0 Å². The van der Waals surface area contributed by atoms with Crippen molar-refractivity contribution < 1.29 is 14.2 Å². The summed E-state index contributed by atoms with van der Waals surface area (Å²) in [4.78, 5) is 0. The molecule has 0 aliphatic carbocycles. The van der Waals surface area contributed by atoms with Crippen LogP contribution in [0.1, 0.15) is 40.0 Å². The standard InChI is InChI=1S/C16H34ClNO3/c1-4-5-9-19-11-13-21-14-12-20-10-8-18-16(6-7-17)15(2)3/h15-16,18H,4-14H2,1-3H3. The lowest BCUT2D eigenvalue weighted by atomic mass is 10.0. The Morgan fingerprint density at radius 3 is 2.00 bits per heavy atom. The number of alkyl halides is 1. The van der Waals surface area contributed by atoms with Crippen LogP contribution in [0.15, 0.2) is 0 Å². The zero-order valence-electron chi connectivity index (χ0n) is 14.0. The van der Waals surface area contributed by atoms with E-state index in [-0.39, 0.29) is 0 Å². The molecule has 0 aromatic rings. The molecule has 0 aliphatic heterocycles. The first-order chi connectivity index (χ1) is 10.2. The highest BCUT2D eigenvalue weighted by molar-refractivity contribution is 6.17. The van der Waals surface area contributed by atoms with E-state index < -0.39 is 0 Å². The average Bonchev–Trinajstić information content (AvgIpc) is 2.47. The monoisotopic (exact) mass is 323 g/mol. The summed E-state index contributed by atoms with van der Waals surface area (Å²) in [5.74, 6) is 1.30. The summed E-state index contributed by atoms with van der Waals surface area (Å²) < 4.78 is 16.4. The Kier molecular flexibility index (Phi) is 16.6. The van der Waals surface area contributed by atoms with Gasteiger partial charge in [0.15, 0.2) is 0 Å². The molecule has 0 bridgehead atoms. The van der Waals surface area contributed by atoms with Crippen molar-refractivity contribution in [3.8, 4) is 0 Å². The molecule has 1 unspecified atom stereocenters. The summed E-state index contributed by atoms with van der Waals surface area (Å²) in [5, 5.41) is 3.48. The minimum absolute atomic E-state index is 0.475. The van der Waals surface area contributed by atoms with Gasteiger partial charge in [-0.3, -0.25) is 0 Å². The number of nitrogens with one attached hydrogen (secondary N) is 1. The van der Waals surface area contributed by atoms with Gasteiger partial charge >= 0.3 is 0 Å². The third-order valence-corrected chi connectivity index (χ3v) is 3.48. The average molecular weight is 324 g/mol. The zero-order valence-corrected chi connectivity index (χ0v) is 14.8. The number of halogens is 1. The van der Waals surface area contributed by atoms with Gasteiger partial charge in [0.1, 0.15) is 0 Å². The van der Waals surface area contributed by atoms with E-state index in [1.807, 2.05) is 0 Å². The molecule has 4 nitrogen and oxygen atoms in total. The van der Waals surface area contributed by atoms with Crippen LogP contribution in [0.3, 0.4) is 0 Å². The van der Waals surface area contributed by atoms with E-state index in [0.717, 1.165) is 26.0 Å². The number of hydrogen-bond donors (Lipinski definition) is 1. The minimum atomic E-state index is 0.475. The fourth-order valence-electron chi connectivity index (χ4n) is 1.89. The molecule has 0 aliphatic rings. The maximum absolute atomic E-state index is 5.79. The van der Waals surface area contributed by atoms with E-state index in [0.29, 0.717) is 50.9 Å². The van der Waals surface area contributed by atoms with E-state index in [2.05, 4.69) is 26.1 Å². The Morgan fingerprint density at radius 1 is 0.905 bits per heavy atom. The van der Waals surface area contributed by atoms with Gasteiger partial charge in [0.05, 0.1) is 33.0 Å². The molecule has 0 spiro atoms. The van der Waals surface area contributed by atoms with Crippen LogP contribution >= 0.6 is 11.6 Å². The predicted octanol–water partition coefficient (Wildman–Crippen LogP) is 3.08. The SMILES string of the molecule is CCCCOCCOCCOCCNC(CCCl)C(C)C. The smallest absolute Gasteiger partial charge is 0.0701 e. The molecule has 0 amide bonds. The quantitative estimate of drug-likeness (QED) is 0.350. The van der Waals surface area contributed by atoms with Crippen molar-refractivity contribution >= 4 is 11.6 Å². The van der Waals surface area contributed by atoms with Crippen molar-refractivity contribution in [3.63, 3.8) is 0 Å². The van der Waals surface area contributed by atoms with Crippen LogP contribution in [-0.2, 0) is 14.2 Å². The fraction of sp³-hybridized carbons (Fsp3) is 1.00. The zero-order chi connectivity index (χ0) is 15.8. The van der Waals surface area contributed by atoms with Crippen molar-refractivity contribution in [1.82, 2.24) is 5.32 Å². The summed E-state index contributed by atoms with van der Waals surface area (Å²) in [6.45, 7) is 11.6. The molecule has 0 aromatic carbocycles. The Labute approximate surface area is 135 Å². The molecule has 0 aromatic heterocycles. The maximum Gasteiger partial charge on any atom is 0.0701 e. The molecule has 0 saturated heterocycles. The lowest BCUT2D eigenvalue weighted by molar-refractivity contribution is 0.0142. The van der Waals surface area contributed by atoms with Crippen LogP contribution in [0.25, 0.3) is 0 Å². The Balaban J connectivity index is 3.21. The second kappa shape index (κ2) is 16.5. The van der Waals surface area contributed by atoms with E-state index in [4.69, 9.17) is 25.8 Å². The highest BCUT2D eigenvalue weighted by Crippen LogP contribution is 2.06. The Morgan fingerprint density at radius 2 is 1.48 bits per heavy atom. The van der Waals surface area contributed by atoms with E-state index >= 15 is 0 Å². The summed E-state index contributed by atoms with van der Waals surface area (Å²) >= 11 is 5.79. The molecule has 0 heterocycles. The fourth-order valence-corrected chi connectivity index (χ4v) is 2.13. The first-order valence-corrected chi connectivity index (χ1v) is 8.78. The van der Waals surface area contributed by atoms with Gasteiger partial charge < -0.3 is 19.5 Å². The predicted molar refractivity (Wildman–Crippen MR) is 89.3 cm³/mol. The van der Waals surface area contributed by atoms with Crippen LogP contribution in [0.2, 0.25) is 0 Å². The normalized spacial score (nSPS) is 13.0. The molecule has 21 heavy (non-hydrogen) atoms. The molecule has 5 heteroatoms. The van der Waals surface area contributed by atoms with Gasteiger partial charge in [0.2, 0.25) is 0 Å². The number of hydrogen-bond acceptors (Lipinski definition) is 4. The number of ether oxygens (including phenoxy) is 3. The summed E-state index contributed by atoms with van der Waals surface area (Å²) in [6, 6.07) is 0.475. The largest absolute Gasteiger partial charge is 0.379 e.